The Morgan fingerprint density at radius 3 is 1.69 bits per heavy atom. The van der Waals surface area contributed by atoms with Gasteiger partial charge in [-0.15, -0.1) is 6.07 Å². The van der Waals surface area contributed by atoms with Crippen molar-refractivity contribution in [3.05, 3.63) is 102 Å². The summed E-state index contributed by atoms with van der Waals surface area (Å²) in [6, 6.07) is 31.4. The molecule has 3 rings (SSSR count). The van der Waals surface area contributed by atoms with Crippen LogP contribution in [0, 0.1) is 6.07 Å². The zero-order chi connectivity index (χ0) is 16.8. The second-order valence-electron chi connectivity index (χ2n) is 6.47. The Labute approximate surface area is 184 Å². The summed E-state index contributed by atoms with van der Waals surface area (Å²) in [4.78, 5) is 2.40. The summed E-state index contributed by atoms with van der Waals surface area (Å²) in [5.41, 5.74) is 5.06. The molecule has 26 heavy (non-hydrogen) atoms. The number of rotatable bonds is 6. The van der Waals surface area contributed by atoms with Gasteiger partial charge in [0.1, 0.15) is 0 Å². The van der Waals surface area contributed by atoms with Crippen molar-refractivity contribution < 1.29 is 17.0 Å². The number of halogens is 1. The van der Waals surface area contributed by atoms with Gasteiger partial charge in [0.05, 0.1) is 0 Å². The first-order valence-electron chi connectivity index (χ1n) is 8.57. The van der Waals surface area contributed by atoms with Crippen LogP contribution in [0.5, 0.6) is 0 Å². The predicted molar refractivity (Wildman–Crippen MR) is 108 cm³/mol. The Kier molecular flexibility index (Phi) is 10.00. The van der Waals surface area contributed by atoms with Crippen molar-refractivity contribution in [2.45, 2.75) is 32.9 Å². The molecule has 1 nitrogen and oxygen atoms in total. The second-order valence-corrected chi connectivity index (χ2v) is 6.47. The summed E-state index contributed by atoms with van der Waals surface area (Å²) in [5, 5.41) is 0. The number of anilines is 1. The first-order valence-corrected chi connectivity index (χ1v) is 8.57. The van der Waals surface area contributed by atoms with E-state index in [-0.39, 0.29) is 40.0 Å². The molecule has 0 amide bonds. The molecule has 0 spiro atoms. The molecule has 0 saturated carbocycles. The molecule has 0 unspecified atom stereocenters. The van der Waals surface area contributed by atoms with E-state index in [1.165, 1.54) is 16.7 Å². The van der Waals surface area contributed by atoms with Gasteiger partial charge in [0, 0.05) is 13.1 Å². The van der Waals surface area contributed by atoms with Crippen LogP contribution in [0.25, 0.3) is 0 Å². The van der Waals surface area contributed by atoms with E-state index < -0.39 is 0 Å². The van der Waals surface area contributed by atoms with Gasteiger partial charge in [-0.25, -0.2) is 0 Å². The van der Waals surface area contributed by atoms with E-state index in [9.17, 15) is 0 Å². The zero-order valence-corrected chi connectivity index (χ0v) is 18.5. The summed E-state index contributed by atoms with van der Waals surface area (Å²) in [7, 11) is 0. The van der Waals surface area contributed by atoms with Crippen molar-refractivity contribution in [3.63, 3.8) is 0 Å². The van der Waals surface area contributed by atoms with Gasteiger partial charge in [-0.2, -0.15) is 23.8 Å². The molecule has 3 heteroatoms. The van der Waals surface area contributed by atoms with Gasteiger partial charge < -0.3 is 21.9 Å². The summed E-state index contributed by atoms with van der Waals surface area (Å²) in [6.07, 6.45) is 0. The van der Waals surface area contributed by atoms with Gasteiger partial charge >= 0.3 is 23.1 Å². The number of hydrogen-bond donors (Lipinski definition) is 0. The van der Waals surface area contributed by atoms with Crippen LogP contribution in [0.4, 0.5) is 5.69 Å². The van der Waals surface area contributed by atoms with E-state index in [0.717, 1.165) is 18.8 Å². The molecule has 0 saturated heterocycles. The van der Waals surface area contributed by atoms with Crippen molar-refractivity contribution in [3.8, 4) is 0 Å². The quantitative estimate of drug-likeness (QED) is 0.439. The van der Waals surface area contributed by atoms with Gasteiger partial charge in [-0.3, -0.25) is 0 Å². The first-order chi connectivity index (χ1) is 11.7. The summed E-state index contributed by atoms with van der Waals surface area (Å²) < 4.78 is 0. The van der Waals surface area contributed by atoms with Crippen molar-refractivity contribution in [1.82, 2.24) is 0 Å². The molecule has 0 radical (unpaired) electrons. The van der Waals surface area contributed by atoms with Gasteiger partial charge in [0.15, 0.2) is 0 Å². The fraction of sp³-hybridized carbons (Fsp3) is 0.217. The molecule has 0 fully saturated rings. The number of nitrogens with zero attached hydrogens (tertiary/aromatic N) is 1. The maximum atomic E-state index is 3.61. The molecule has 0 heterocycles. The Morgan fingerprint density at radius 1 is 0.731 bits per heavy atom. The molecule has 0 aromatic heterocycles. The molecule has 3 aromatic carbocycles. The van der Waals surface area contributed by atoms with Crippen LogP contribution >= 0.6 is 0 Å². The van der Waals surface area contributed by atoms with Gasteiger partial charge in [-0.05, 0) is 17.0 Å². The van der Waals surface area contributed by atoms with Crippen LogP contribution in [0.15, 0.2) is 78.9 Å². The third-order valence-electron chi connectivity index (χ3n) is 4.20. The van der Waals surface area contributed by atoms with E-state index in [4.69, 9.17) is 0 Å². The fourth-order valence-corrected chi connectivity index (χ4v) is 2.83. The van der Waals surface area contributed by atoms with E-state index in [1.807, 2.05) is 0 Å². The van der Waals surface area contributed by atoms with Crippen molar-refractivity contribution in [2.75, 3.05) is 4.90 Å². The van der Waals surface area contributed by atoms with Crippen LogP contribution in [0.1, 0.15) is 36.5 Å². The molecular formula is C23H24BrMgN. The van der Waals surface area contributed by atoms with E-state index in [0.29, 0.717) is 5.92 Å². The monoisotopic (exact) mass is 417 g/mol. The predicted octanol–water partition coefficient (Wildman–Crippen LogP) is 2.44. The molecule has 0 aliphatic rings. The molecule has 0 aliphatic carbocycles. The molecule has 130 valence electrons. The van der Waals surface area contributed by atoms with Crippen LogP contribution in [-0.4, -0.2) is 23.1 Å². The normalized spacial score (nSPS) is 9.96. The van der Waals surface area contributed by atoms with E-state index in [1.54, 1.807) is 0 Å². The van der Waals surface area contributed by atoms with Crippen molar-refractivity contribution in [2.24, 2.45) is 0 Å². The Bertz CT molecular complexity index is 718. The summed E-state index contributed by atoms with van der Waals surface area (Å²) >= 11 is 0. The number of hydrogen-bond acceptors (Lipinski definition) is 1. The fourth-order valence-electron chi connectivity index (χ4n) is 2.83. The smallest absolute Gasteiger partial charge is 1.00 e. The van der Waals surface area contributed by atoms with E-state index >= 15 is 0 Å². The Hall–Kier alpha value is -1.29. The first kappa shape index (κ1) is 22.7. The van der Waals surface area contributed by atoms with Crippen LogP contribution in [0.3, 0.4) is 0 Å². The second kappa shape index (κ2) is 11.4. The molecule has 0 bridgehead atoms. The summed E-state index contributed by atoms with van der Waals surface area (Å²) in [6.45, 7) is 6.20. The average molecular weight is 419 g/mol. The molecule has 0 N–H and O–H groups in total. The van der Waals surface area contributed by atoms with Crippen LogP contribution < -0.4 is 21.9 Å². The third kappa shape index (κ3) is 6.46. The van der Waals surface area contributed by atoms with Gasteiger partial charge in [0.2, 0.25) is 0 Å². The van der Waals surface area contributed by atoms with E-state index in [2.05, 4.69) is 104 Å². The third-order valence-corrected chi connectivity index (χ3v) is 4.20. The Morgan fingerprint density at radius 2 is 1.23 bits per heavy atom. The van der Waals surface area contributed by atoms with Crippen LogP contribution in [-0.2, 0) is 13.1 Å². The molecule has 0 aliphatic heterocycles. The molecule has 0 atom stereocenters. The standard InChI is InChI=1S/C23H24N.BrH.Mg/c1-19(2)22-14-9-15-23(16-22)24(17-20-10-5-3-6-11-20)18-21-12-7-4-8-13-21;;/h3-15,19H,17-18H2,1-2H3;1H;/q-1;;+2/p-1. The minimum absolute atomic E-state index is 0. The molecule has 3 aromatic rings. The number of benzene rings is 3. The Balaban J connectivity index is 0.00000169. The van der Waals surface area contributed by atoms with Crippen molar-refractivity contribution in [1.29, 1.82) is 0 Å². The summed E-state index contributed by atoms with van der Waals surface area (Å²) in [5.74, 6) is 0.486. The largest absolute Gasteiger partial charge is 2.00 e. The SMILES string of the molecule is CC(C)c1[c-]c(N(Cc2ccccc2)Cc2ccccc2)ccc1.[Br-].[Mg+2]. The minimum atomic E-state index is 0. The maximum absolute atomic E-state index is 3.61. The molecular weight excluding hydrogens is 394 g/mol. The zero-order valence-electron chi connectivity index (χ0n) is 15.5. The van der Waals surface area contributed by atoms with Gasteiger partial charge in [-0.1, -0.05) is 80.2 Å². The van der Waals surface area contributed by atoms with Crippen LogP contribution in [0.2, 0.25) is 0 Å². The topological polar surface area (TPSA) is 3.24 Å². The average Bonchev–Trinajstić information content (AvgIpc) is 2.63. The maximum Gasteiger partial charge on any atom is 2.00 e. The van der Waals surface area contributed by atoms with Crippen molar-refractivity contribution >= 4 is 28.7 Å². The van der Waals surface area contributed by atoms with Gasteiger partial charge in [0.25, 0.3) is 0 Å². The minimum Gasteiger partial charge on any atom is -1.00 e.